The number of fused-ring (bicyclic) bond motifs is 1. The number of nitrogens with zero attached hydrogens (tertiary/aromatic N) is 4. The van der Waals surface area contributed by atoms with Crippen LogP contribution < -0.4 is 5.32 Å². The molecule has 0 bridgehead atoms. The van der Waals surface area contributed by atoms with E-state index in [2.05, 4.69) is 15.6 Å². The second kappa shape index (κ2) is 7.57. The van der Waals surface area contributed by atoms with Gasteiger partial charge >= 0.3 is 0 Å². The molecule has 1 N–H and O–H groups in total. The lowest BCUT2D eigenvalue weighted by atomic mass is 10.1. The Labute approximate surface area is 158 Å². The van der Waals surface area contributed by atoms with E-state index in [-0.39, 0.29) is 18.4 Å². The van der Waals surface area contributed by atoms with Crippen molar-refractivity contribution in [1.29, 1.82) is 0 Å². The first-order valence-corrected chi connectivity index (χ1v) is 8.85. The van der Waals surface area contributed by atoms with E-state index in [1.165, 1.54) is 4.90 Å². The third-order valence-corrected chi connectivity index (χ3v) is 4.46. The van der Waals surface area contributed by atoms with Crippen LogP contribution in [0.1, 0.15) is 28.4 Å². The van der Waals surface area contributed by atoms with Crippen LogP contribution in [0, 0.1) is 13.8 Å². The Hall–Kier alpha value is -3.22. The van der Waals surface area contributed by atoms with E-state index in [1.54, 1.807) is 23.9 Å². The van der Waals surface area contributed by atoms with Crippen LogP contribution in [0.4, 0.5) is 5.69 Å². The molecule has 140 valence electrons. The molecule has 2 aromatic carbocycles. The van der Waals surface area contributed by atoms with Crippen LogP contribution in [0.25, 0.3) is 11.0 Å². The summed E-state index contributed by atoms with van der Waals surface area (Å²) in [4.78, 5) is 26.4. The van der Waals surface area contributed by atoms with E-state index in [9.17, 15) is 9.59 Å². The van der Waals surface area contributed by atoms with E-state index < -0.39 is 0 Å². The summed E-state index contributed by atoms with van der Waals surface area (Å²) in [5, 5.41) is 11.0. The van der Waals surface area contributed by atoms with E-state index >= 15 is 0 Å². The highest BCUT2D eigenvalue weighted by Crippen LogP contribution is 2.17. The van der Waals surface area contributed by atoms with Gasteiger partial charge in [0.05, 0.1) is 12.1 Å². The van der Waals surface area contributed by atoms with Gasteiger partial charge in [0.25, 0.3) is 5.91 Å². The van der Waals surface area contributed by atoms with Crippen molar-refractivity contribution in [3.8, 4) is 0 Å². The minimum Gasteiger partial charge on any atom is -0.332 e. The lowest BCUT2D eigenvalue weighted by Crippen LogP contribution is -2.35. The Kier molecular flexibility index (Phi) is 5.21. The standard InChI is InChI=1S/C20H23N5O2/c1-5-25-18-9-8-15(11-17(18)22-23-25)20(27)24(4)12-19(26)21-16-10-13(2)6-7-14(16)3/h6-11H,5,12H2,1-4H3,(H,21,26). The number of hydrogen-bond donors (Lipinski definition) is 1. The number of carbonyl (C=O) groups excluding carboxylic acids is 2. The van der Waals surface area contributed by atoms with Crippen molar-refractivity contribution in [2.45, 2.75) is 27.3 Å². The van der Waals surface area contributed by atoms with Crippen molar-refractivity contribution in [2.24, 2.45) is 0 Å². The van der Waals surface area contributed by atoms with E-state index in [0.717, 1.165) is 22.3 Å². The summed E-state index contributed by atoms with van der Waals surface area (Å²) in [6.45, 7) is 6.56. The molecule has 27 heavy (non-hydrogen) atoms. The molecule has 2 amide bonds. The Balaban J connectivity index is 1.69. The van der Waals surface area contributed by atoms with Crippen LogP contribution in [0.2, 0.25) is 0 Å². The summed E-state index contributed by atoms with van der Waals surface area (Å²) in [5.41, 5.74) is 4.83. The summed E-state index contributed by atoms with van der Waals surface area (Å²) in [6, 6.07) is 11.1. The highest BCUT2D eigenvalue weighted by molar-refractivity contribution is 6.01. The molecule has 0 aliphatic carbocycles. The first-order valence-electron chi connectivity index (χ1n) is 8.85. The molecular formula is C20H23N5O2. The molecule has 0 aliphatic rings. The smallest absolute Gasteiger partial charge is 0.254 e. The van der Waals surface area contributed by atoms with Crippen LogP contribution in [0.5, 0.6) is 0 Å². The molecule has 1 aromatic heterocycles. The molecule has 0 spiro atoms. The maximum atomic E-state index is 12.7. The van der Waals surface area contributed by atoms with Crippen molar-refractivity contribution in [1.82, 2.24) is 19.9 Å². The molecule has 0 saturated heterocycles. The van der Waals surface area contributed by atoms with Gasteiger partial charge in [-0.3, -0.25) is 9.59 Å². The van der Waals surface area contributed by atoms with Gasteiger partial charge in [-0.1, -0.05) is 17.3 Å². The van der Waals surface area contributed by atoms with E-state index in [0.29, 0.717) is 17.6 Å². The largest absolute Gasteiger partial charge is 0.332 e. The molecule has 3 rings (SSSR count). The van der Waals surface area contributed by atoms with Crippen LogP contribution in [-0.4, -0.2) is 45.3 Å². The normalized spacial score (nSPS) is 10.8. The fourth-order valence-corrected chi connectivity index (χ4v) is 2.91. The zero-order valence-electron chi connectivity index (χ0n) is 16.0. The minimum absolute atomic E-state index is 0.0358. The van der Waals surface area contributed by atoms with Crippen LogP contribution in [0.15, 0.2) is 36.4 Å². The van der Waals surface area contributed by atoms with Crippen molar-refractivity contribution in [3.63, 3.8) is 0 Å². The molecule has 7 nitrogen and oxygen atoms in total. The average Bonchev–Trinajstić information content (AvgIpc) is 3.06. The highest BCUT2D eigenvalue weighted by Gasteiger charge is 2.17. The topological polar surface area (TPSA) is 80.1 Å². The van der Waals surface area contributed by atoms with Gasteiger partial charge in [-0.15, -0.1) is 5.10 Å². The first kappa shape index (κ1) is 18.6. The number of aryl methyl sites for hydroxylation is 3. The van der Waals surface area contributed by atoms with Gasteiger partial charge in [0, 0.05) is 24.8 Å². The Bertz CT molecular complexity index is 1010. The Morgan fingerprint density at radius 1 is 1.15 bits per heavy atom. The van der Waals surface area contributed by atoms with Crippen LogP contribution in [-0.2, 0) is 11.3 Å². The van der Waals surface area contributed by atoms with Crippen molar-refractivity contribution < 1.29 is 9.59 Å². The number of rotatable bonds is 5. The zero-order chi connectivity index (χ0) is 19.6. The summed E-state index contributed by atoms with van der Waals surface area (Å²) in [7, 11) is 1.61. The monoisotopic (exact) mass is 365 g/mol. The number of benzene rings is 2. The molecule has 0 atom stereocenters. The third-order valence-electron chi connectivity index (χ3n) is 4.46. The van der Waals surface area contributed by atoms with E-state index in [4.69, 9.17) is 0 Å². The summed E-state index contributed by atoms with van der Waals surface area (Å²) < 4.78 is 1.77. The van der Waals surface area contributed by atoms with Gasteiger partial charge in [0.1, 0.15) is 5.52 Å². The molecule has 0 unspecified atom stereocenters. The van der Waals surface area contributed by atoms with Crippen LogP contribution in [0.3, 0.4) is 0 Å². The van der Waals surface area contributed by atoms with Gasteiger partial charge in [0.15, 0.2) is 0 Å². The number of amides is 2. The molecule has 7 heteroatoms. The number of nitrogens with one attached hydrogen (secondary N) is 1. The summed E-state index contributed by atoms with van der Waals surface area (Å²) >= 11 is 0. The van der Waals surface area contributed by atoms with Gasteiger partial charge < -0.3 is 10.2 Å². The quantitative estimate of drug-likeness (QED) is 0.754. The zero-order valence-corrected chi connectivity index (χ0v) is 16.0. The second-order valence-electron chi connectivity index (χ2n) is 6.64. The molecule has 1 heterocycles. The molecule has 0 saturated carbocycles. The number of carbonyl (C=O) groups is 2. The van der Waals surface area contributed by atoms with Crippen molar-refractivity contribution in [2.75, 3.05) is 18.9 Å². The molecule has 3 aromatic rings. The maximum absolute atomic E-state index is 12.7. The number of aromatic nitrogens is 3. The number of likely N-dealkylation sites (N-methyl/N-ethyl adjacent to an activating group) is 1. The number of hydrogen-bond acceptors (Lipinski definition) is 4. The lowest BCUT2D eigenvalue weighted by Gasteiger charge is -2.17. The van der Waals surface area contributed by atoms with Gasteiger partial charge in [0.2, 0.25) is 5.91 Å². The van der Waals surface area contributed by atoms with E-state index in [1.807, 2.05) is 45.0 Å². The van der Waals surface area contributed by atoms with Gasteiger partial charge in [-0.05, 0) is 56.2 Å². The second-order valence-corrected chi connectivity index (χ2v) is 6.64. The Morgan fingerprint density at radius 3 is 2.67 bits per heavy atom. The fraction of sp³-hybridized carbons (Fsp3) is 0.300. The number of anilines is 1. The molecule has 0 aliphatic heterocycles. The first-order chi connectivity index (χ1) is 12.9. The SMILES string of the molecule is CCn1nnc2cc(C(=O)N(C)CC(=O)Nc3cc(C)ccc3C)ccc21. The van der Waals surface area contributed by atoms with Crippen molar-refractivity contribution in [3.05, 3.63) is 53.1 Å². The van der Waals surface area contributed by atoms with Gasteiger partial charge in [-0.2, -0.15) is 0 Å². The van der Waals surface area contributed by atoms with Crippen molar-refractivity contribution >= 4 is 28.5 Å². The maximum Gasteiger partial charge on any atom is 0.254 e. The molecule has 0 radical (unpaired) electrons. The lowest BCUT2D eigenvalue weighted by molar-refractivity contribution is -0.116. The molecule has 0 fully saturated rings. The van der Waals surface area contributed by atoms with Crippen LogP contribution >= 0.6 is 0 Å². The third kappa shape index (κ3) is 3.97. The highest BCUT2D eigenvalue weighted by atomic mass is 16.2. The summed E-state index contributed by atoms with van der Waals surface area (Å²) in [6.07, 6.45) is 0. The average molecular weight is 365 g/mol. The van der Waals surface area contributed by atoms with Gasteiger partial charge in [-0.25, -0.2) is 4.68 Å². The predicted molar refractivity (Wildman–Crippen MR) is 105 cm³/mol. The Morgan fingerprint density at radius 2 is 1.93 bits per heavy atom. The minimum atomic E-state index is -0.238. The predicted octanol–water partition coefficient (Wildman–Crippen LogP) is 2.78. The summed E-state index contributed by atoms with van der Waals surface area (Å²) in [5.74, 6) is -0.475. The molecular weight excluding hydrogens is 342 g/mol. The fourth-order valence-electron chi connectivity index (χ4n) is 2.91.